The van der Waals surface area contributed by atoms with Gasteiger partial charge in [0.05, 0.1) is 12.1 Å². The van der Waals surface area contributed by atoms with Crippen molar-refractivity contribution in [3.05, 3.63) is 47.5 Å². The summed E-state index contributed by atoms with van der Waals surface area (Å²) in [6.07, 6.45) is -3.17. The molecule has 2 aromatic rings. The molecular weight excluding hydrogens is 373 g/mol. The van der Waals surface area contributed by atoms with Crippen LogP contribution in [0.5, 0.6) is 5.88 Å². The van der Waals surface area contributed by atoms with Gasteiger partial charge in [-0.1, -0.05) is 0 Å². The summed E-state index contributed by atoms with van der Waals surface area (Å²) >= 11 is 0. The third kappa shape index (κ3) is 4.71. The molecule has 0 saturated carbocycles. The number of carbonyl (C=O) groups is 1. The summed E-state index contributed by atoms with van der Waals surface area (Å²) < 4.78 is 43.9. The second-order valence-corrected chi connectivity index (χ2v) is 6.83. The van der Waals surface area contributed by atoms with Gasteiger partial charge in [-0.25, -0.2) is 0 Å². The number of likely N-dealkylation sites (tertiary alicyclic amines) is 1. The maximum Gasteiger partial charge on any atom is 0.416 e. The number of hydrogen-bond donors (Lipinski definition) is 0. The molecule has 28 heavy (non-hydrogen) atoms. The number of halogens is 3. The minimum absolute atomic E-state index is 0.226. The number of piperidine rings is 1. The molecule has 1 aromatic carbocycles. The summed E-state index contributed by atoms with van der Waals surface area (Å²) in [5.74, 6) is 0.769. The largest absolute Gasteiger partial charge is 0.471 e. The Labute approximate surface area is 160 Å². The fraction of sp³-hybridized carbons (Fsp3) is 0.421. The van der Waals surface area contributed by atoms with Crippen LogP contribution in [0.1, 0.15) is 28.8 Å². The van der Waals surface area contributed by atoms with Gasteiger partial charge in [-0.15, -0.1) is 10.2 Å². The van der Waals surface area contributed by atoms with E-state index in [-0.39, 0.29) is 17.6 Å². The first-order valence-electron chi connectivity index (χ1n) is 8.88. The first-order valence-corrected chi connectivity index (χ1v) is 8.88. The Bertz CT molecular complexity index is 807. The van der Waals surface area contributed by atoms with Crippen molar-refractivity contribution in [1.29, 1.82) is 0 Å². The molecule has 0 aliphatic carbocycles. The van der Waals surface area contributed by atoms with Crippen LogP contribution in [0.2, 0.25) is 0 Å². The molecule has 1 amide bonds. The van der Waals surface area contributed by atoms with Crippen molar-refractivity contribution < 1.29 is 22.7 Å². The predicted molar refractivity (Wildman–Crippen MR) is 97.4 cm³/mol. The fourth-order valence-electron chi connectivity index (χ4n) is 2.99. The first-order chi connectivity index (χ1) is 13.2. The van der Waals surface area contributed by atoms with E-state index in [1.807, 2.05) is 19.0 Å². The quantitative estimate of drug-likeness (QED) is 0.797. The fourth-order valence-corrected chi connectivity index (χ4v) is 2.99. The van der Waals surface area contributed by atoms with Crippen molar-refractivity contribution in [2.75, 3.05) is 32.1 Å². The van der Waals surface area contributed by atoms with Crippen LogP contribution in [0.15, 0.2) is 36.4 Å². The highest BCUT2D eigenvalue weighted by Gasteiger charge is 2.31. The number of hydrogen-bond acceptors (Lipinski definition) is 5. The average molecular weight is 394 g/mol. The molecule has 1 aliphatic heterocycles. The van der Waals surface area contributed by atoms with Gasteiger partial charge < -0.3 is 14.5 Å². The van der Waals surface area contributed by atoms with E-state index >= 15 is 0 Å². The Balaban J connectivity index is 1.63. The molecule has 0 radical (unpaired) electrons. The Hall–Kier alpha value is -2.84. The molecule has 6 nitrogen and oxygen atoms in total. The van der Waals surface area contributed by atoms with Crippen LogP contribution in [0.3, 0.4) is 0 Å². The Morgan fingerprint density at radius 1 is 1.14 bits per heavy atom. The summed E-state index contributed by atoms with van der Waals surface area (Å²) in [6, 6.07) is 7.78. The van der Waals surface area contributed by atoms with Crippen LogP contribution >= 0.6 is 0 Å². The summed E-state index contributed by atoms with van der Waals surface area (Å²) in [5, 5.41) is 8.08. The molecule has 1 aromatic heterocycles. The van der Waals surface area contributed by atoms with Gasteiger partial charge in [0.15, 0.2) is 5.82 Å². The molecule has 0 N–H and O–H groups in total. The van der Waals surface area contributed by atoms with E-state index in [1.54, 1.807) is 17.0 Å². The highest BCUT2D eigenvalue weighted by atomic mass is 19.4. The molecule has 0 bridgehead atoms. The van der Waals surface area contributed by atoms with E-state index in [1.165, 1.54) is 12.1 Å². The van der Waals surface area contributed by atoms with E-state index in [9.17, 15) is 18.0 Å². The number of benzene rings is 1. The summed E-state index contributed by atoms with van der Waals surface area (Å²) in [6.45, 7) is 0.877. The number of nitrogens with zero attached hydrogens (tertiary/aromatic N) is 4. The molecule has 9 heteroatoms. The monoisotopic (exact) mass is 394 g/mol. The van der Waals surface area contributed by atoms with Crippen LogP contribution < -0.4 is 9.64 Å². The third-order valence-electron chi connectivity index (χ3n) is 4.50. The van der Waals surface area contributed by atoms with E-state index in [0.717, 1.165) is 25.0 Å². The van der Waals surface area contributed by atoms with Crippen LogP contribution in [0, 0.1) is 0 Å². The van der Waals surface area contributed by atoms with Gasteiger partial charge in [-0.05, 0) is 43.2 Å². The lowest BCUT2D eigenvalue weighted by Gasteiger charge is -2.32. The van der Waals surface area contributed by atoms with Crippen molar-refractivity contribution >= 4 is 11.7 Å². The minimum atomic E-state index is -4.42. The molecule has 150 valence electrons. The van der Waals surface area contributed by atoms with Gasteiger partial charge in [-0.3, -0.25) is 4.79 Å². The van der Waals surface area contributed by atoms with E-state index < -0.39 is 11.7 Å². The summed E-state index contributed by atoms with van der Waals surface area (Å²) in [7, 11) is 3.72. The van der Waals surface area contributed by atoms with Crippen molar-refractivity contribution in [3.8, 4) is 5.88 Å². The second-order valence-electron chi connectivity index (χ2n) is 6.83. The third-order valence-corrected chi connectivity index (χ3v) is 4.50. The number of carbonyl (C=O) groups excluding carboxylic acids is 1. The lowest BCUT2D eigenvalue weighted by atomic mass is 10.1. The van der Waals surface area contributed by atoms with Gasteiger partial charge in [0.25, 0.3) is 5.91 Å². The van der Waals surface area contributed by atoms with E-state index in [0.29, 0.717) is 24.8 Å². The maximum atomic E-state index is 12.7. The van der Waals surface area contributed by atoms with Crippen molar-refractivity contribution in [3.63, 3.8) is 0 Å². The normalized spacial score (nSPS) is 17.3. The molecule has 1 fully saturated rings. The lowest BCUT2D eigenvalue weighted by Crippen LogP contribution is -2.44. The summed E-state index contributed by atoms with van der Waals surface area (Å²) in [4.78, 5) is 16.1. The summed E-state index contributed by atoms with van der Waals surface area (Å²) in [5.41, 5.74) is -0.549. The van der Waals surface area contributed by atoms with Gasteiger partial charge in [0.1, 0.15) is 6.10 Å². The average Bonchev–Trinajstić information content (AvgIpc) is 2.67. The van der Waals surface area contributed by atoms with Gasteiger partial charge in [0.2, 0.25) is 5.88 Å². The van der Waals surface area contributed by atoms with Gasteiger partial charge in [-0.2, -0.15) is 13.2 Å². The van der Waals surface area contributed by atoms with Crippen LogP contribution in [-0.4, -0.2) is 54.3 Å². The molecular formula is C19H21F3N4O2. The van der Waals surface area contributed by atoms with Crippen molar-refractivity contribution in [1.82, 2.24) is 15.1 Å². The number of aromatic nitrogens is 2. The molecule has 1 atom stereocenters. The lowest BCUT2D eigenvalue weighted by molar-refractivity contribution is -0.137. The zero-order chi connectivity index (χ0) is 20.3. The standard InChI is InChI=1S/C19H21F3N4O2/c1-25(2)16-9-10-17(24-23-16)28-15-4-3-11-26(12-15)18(27)13-5-7-14(8-6-13)19(20,21)22/h5-10,15H,3-4,11-12H2,1-2H3. The zero-order valence-corrected chi connectivity index (χ0v) is 15.6. The predicted octanol–water partition coefficient (Wildman–Crippen LogP) is 3.25. The van der Waals surface area contributed by atoms with Crippen LogP contribution in [0.25, 0.3) is 0 Å². The van der Waals surface area contributed by atoms with Gasteiger partial charge in [0, 0.05) is 32.3 Å². The van der Waals surface area contributed by atoms with E-state index in [4.69, 9.17) is 4.74 Å². The Morgan fingerprint density at radius 2 is 1.86 bits per heavy atom. The smallest absolute Gasteiger partial charge is 0.416 e. The van der Waals surface area contributed by atoms with Crippen LogP contribution in [0.4, 0.5) is 19.0 Å². The molecule has 1 saturated heterocycles. The molecule has 0 spiro atoms. The topological polar surface area (TPSA) is 58.6 Å². The molecule has 1 unspecified atom stereocenters. The van der Waals surface area contributed by atoms with E-state index in [2.05, 4.69) is 10.2 Å². The Kier molecular flexibility index (Phi) is 5.71. The number of rotatable bonds is 4. The SMILES string of the molecule is CN(C)c1ccc(OC2CCCN(C(=O)c3ccc(C(F)(F)F)cc3)C2)nn1. The number of ether oxygens (including phenoxy) is 1. The van der Waals surface area contributed by atoms with Crippen molar-refractivity contribution in [2.24, 2.45) is 0 Å². The maximum absolute atomic E-state index is 12.7. The Morgan fingerprint density at radius 3 is 2.43 bits per heavy atom. The number of anilines is 1. The van der Waals surface area contributed by atoms with Gasteiger partial charge >= 0.3 is 6.18 Å². The zero-order valence-electron chi connectivity index (χ0n) is 15.6. The second kappa shape index (κ2) is 8.04. The first kappa shape index (κ1) is 19.9. The highest BCUT2D eigenvalue weighted by Crippen LogP contribution is 2.29. The highest BCUT2D eigenvalue weighted by molar-refractivity contribution is 5.94. The molecule has 1 aliphatic rings. The number of alkyl halides is 3. The minimum Gasteiger partial charge on any atom is -0.471 e. The van der Waals surface area contributed by atoms with Crippen molar-refractivity contribution in [2.45, 2.75) is 25.1 Å². The number of amides is 1. The molecule has 2 heterocycles. The molecule has 3 rings (SSSR count). The van der Waals surface area contributed by atoms with Crippen LogP contribution in [-0.2, 0) is 6.18 Å².